The van der Waals surface area contributed by atoms with Crippen LogP contribution in [0.5, 0.6) is 11.5 Å². The number of anilines is 1. The second kappa shape index (κ2) is 16.9. The first-order valence-corrected chi connectivity index (χ1v) is 16.3. The fraction of sp³-hybridized carbons (Fsp3) is 0.474. The third kappa shape index (κ3) is 11.1. The molecular weight excluding hydrogens is 564 g/mol. The second-order valence-corrected chi connectivity index (χ2v) is 12.9. The van der Waals surface area contributed by atoms with Crippen molar-refractivity contribution in [2.75, 3.05) is 18.5 Å². The summed E-state index contributed by atoms with van der Waals surface area (Å²) in [5, 5.41) is 3.10. The van der Waals surface area contributed by atoms with Crippen molar-refractivity contribution in [3.63, 3.8) is 0 Å². The highest BCUT2D eigenvalue weighted by Crippen LogP contribution is 2.29. The molecule has 3 rings (SSSR count). The van der Waals surface area contributed by atoms with Gasteiger partial charge in [0.2, 0.25) is 0 Å². The van der Waals surface area contributed by atoms with Crippen molar-refractivity contribution >= 4 is 17.7 Å². The van der Waals surface area contributed by atoms with Crippen LogP contribution in [0.25, 0.3) is 0 Å². The normalized spacial score (nSPS) is 11.5. The molecule has 3 aromatic rings. The van der Waals surface area contributed by atoms with Crippen LogP contribution in [0.4, 0.5) is 10.5 Å². The highest BCUT2D eigenvalue weighted by atomic mass is 16.6. The van der Waals surface area contributed by atoms with Crippen LogP contribution < -0.4 is 14.8 Å². The van der Waals surface area contributed by atoms with E-state index in [4.69, 9.17) is 14.2 Å². The Morgan fingerprint density at radius 2 is 1.42 bits per heavy atom. The highest BCUT2D eigenvalue weighted by Gasteiger charge is 2.32. The minimum atomic E-state index is -1.18. The van der Waals surface area contributed by atoms with Crippen molar-refractivity contribution in [2.24, 2.45) is 0 Å². The lowest BCUT2D eigenvalue weighted by Gasteiger charge is -2.28. The van der Waals surface area contributed by atoms with Gasteiger partial charge in [-0.3, -0.25) is 0 Å². The lowest BCUT2D eigenvalue weighted by Crippen LogP contribution is -2.40. The number of carbonyl (C=O) groups excluding carboxylic acids is 2. The van der Waals surface area contributed by atoms with Gasteiger partial charge in [0.1, 0.15) is 18.1 Å². The number of para-hydroxylation sites is 3. The summed E-state index contributed by atoms with van der Waals surface area (Å²) in [5.41, 5.74) is 2.65. The van der Waals surface area contributed by atoms with Crippen LogP contribution >= 0.6 is 0 Å². The number of ether oxygens (including phenoxy) is 3. The molecule has 1 N–H and O–H groups in total. The third-order valence-electron chi connectivity index (χ3n) is 7.63. The van der Waals surface area contributed by atoms with E-state index in [1.165, 1.54) is 12.0 Å². The van der Waals surface area contributed by atoms with Gasteiger partial charge < -0.3 is 24.4 Å². The van der Waals surface area contributed by atoms with Crippen LogP contribution in [0.3, 0.4) is 0 Å². The van der Waals surface area contributed by atoms with Crippen LogP contribution in [0, 0.1) is 0 Å². The molecule has 0 aliphatic carbocycles. The maximum atomic E-state index is 13.8. The van der Waals surface area contributed by atoms with Gasteiger partial charge >= 0.3 is 12.0 Å². The molecule has 7 nitrogen and oxygen atoms in total. The summed E-state index contributed by atoms with van der Waals surface area (Å²) in [5.74, 6) is 0.709. The van der Waals surface area contributed by atoms with Crippen molar-refractivity contribution in [1.29, 1.82) is 0 Å². The average Bonchev–Trinajstić information content (AvgIpc) is 3.00. The number of benzene rings is 3. The predicted octanol–water partition coefficient (Wildman–Crippen LogP) is 9.29. The van der Waals surface area contributed by atoms with Gasteiger partial charge in [-0.2, -0.15) is 0 Å². The van der Waals surface area contributed by atoms with Crippen molar-refractivity contribution < 1.29 is 23.8 Å². The predicted molar refractivity (Wildman–Crippen MR) is 182 cm³/mol. The van der Waals surface area contributed by atoms with Crippen molar-refractivity contribution in [2.45, 2.75) is 105 Å². The number of carbonyl (C=O) groups is 2. The zero-order valence-corrected chi connectivity index (χ0v) is 28.3. The Morgan fingerprint density at radius 1 is 0.778 bits per heavy atom. The molecule has 0 aliphatic heterocycles. The number of rotatable bonds is 16. The van der Waals surface area contributed by atoms with E-state index in [9.17, 15) is 9.59 Å². The topological polar surface area (TPSA) is 77.1 Å². The largest absolute Gasteiger partial charge is 0.487 e. The van der Waals surface area contributed by atoms with Crippen LogP contribution in [0.1, 0.15) is 97.3 Å². The van der Waals surface area contributed by atoms with Crippen LogP contribution in [-0.2, 0) is 28.1 Å². The molecule has 0 bridgehead atoms. The zero-order valence-electron chi connectivity index (χ0n) is 28.3. The number of nitrogens with one attached hydrogen (secondary N) is 1. The van der Waals surface area contributed by atoms with E-state index >= 15 is 0 Å². The summed E-state index contributed by atoms with van der Waals surface area (Å²) in [4.78, 5) is 28.2. The van der Waals surface area contributed by atoms with Gasteiger partial charge in [-0.25, -0.2) is 9.59 Å². The monoisotopic (exact) mass is 616 g/mol. The number of hydrogen-bond donors (Lipinski definition) is 1. The van der Waals surface area contributed by atoms with Crippen molar-refractivity contribution in [1.82, 2.24) is 4.90 Å². The van der Waals surface area contributed by atoms with E-state index in [0.29, 0.717) is 36.9 Å². The SMILES string of the molecule is CCCCCCCN(Cc1ccccc1OC(C)(C)C(=O)OCC)C(=O)Nc1ccccc1OCc1ccc(C(C)(C)C)cc1. The number of urea groups is 1. The Kier molecular flexibility index (Phi) is 13.3. The molecule has 0 aromatic heterocycles. The molecule has 0 aliphatic rings. The summed E-state index contributed by atoms with van der Waals surface area (Å²) in [6, 6.07) is 23.3. The molecule has 0 unspecified atom stereocenters. The zero-order chi connectivity index (χ0) is 32.9. The first kappa shape index (κ1) is 35.5. The van der Waals surface area contributed by atoms with Gasteiger partial charge in [0.25, 0.3) is 0 Å². The number of esters is 1. The summed E-state index contributed by atoms with van der Waals surface area (Å²) in [7, 11) is 0. The Morgan fingerprint density at radius 3 is 2.09 bits per heavy atom. The first-order chi connectivity index (χ1) is 21.4. The lowest BCUT2D eigenvalue weighted by atomic mass is 9.87. The molecule has 0 atom stereocenters. The molecular formula is C38H52N2O5. The molecule has 244 valence electrons. The molecule has 7 heteroatoms. The van der Waals surface area contributed by atoms with Gasteiger partial charge in [0.05, 0.1) is 18.8 Å². The maximum Gasteiger partial charge on any atom is 0.349 e. The van der Waals surface area contributed by atoms with E-state index < -0.39 is 11.6 Å². The molecule has 2 amide bonds. The summed E-state index contributed by atoms with van der Waals surface area (Å²) >= 11 is 0. The second-order valence-electron chi connectivity index (χ2n) is 12.9. The van der Waals surface area contributed by atoms with Gasteiger partial charge in [-0.15, -0.1) is 0 Å². The van der Waals surface area contributed by atoms with E-state index in [2.05, 4.69) is 57.3 Å². The summed E-state index contributed by atoms with van der Waals surface area (Å²) < 4.78 is 17.6. The van der Waals surface area contributed by atoms with Crippen molar-refractivity contribution in [3.05, 3.63) is 89.5 Å². The standard InChI is InChI=1S/C38H52N2O5/c1-8-10-11-12-17-26-40(27-30-18-13-15-20-33(30)45-38(6,7)35(41)43-9-2)36(42)39-32-19-14-16-21-34(32)44-28-29-22-24-31(25-23-29)37(3,4)5/h13-16,18-25H,8-12,17,26-28H2,1-7H3,(H,39,42). The molecule has 3 aromatic carbocycles. The number of unbranched alkanes of at least 4 members (excludes halogenated alkanes) is 4. The minimum absolute atomic E-state index is 0.0852. The smallest absolute Gasteiger partial charge is 0.349 e. The van der Waals surface area contributed by atoms with Crippen molar-refractivity contribution in [3.8, 4) is 11.5 Å². The molecule has 0 saturated carbocycles. The summed E-state index contributed by atoms with van der Waals surface area (Å²) in [6.07, 6.45) is 5.39. The van der Waals surface area contributed by atoms with Crippen LogP contribution in [0.2, 0.25) is 0 Å². The fourth-order valence-corrected chi connectivity index (χ4v) is 4.87. The fourth-order valence-electron chi connectivity index (χ4n) is 4.87. The molecule has 45 heavy (non-hydrogen) atoms. The van der Waals surface area contributed by atoms with Gasteiger partial charge in [-0.05, 0) is 61.9 Å². The number of amides is 2. The Bertz CT molecular complexity index is 1360. The van der Waals surface area contributed by atoms with Gasteiger partial charge in [0.15, 0.2) is 5.60 Å². The molecule has 0 fully saturated rings. The Hall–Kier alpha value is -4.00. The highest BCUT2D eigenvalue weighted by molar-refractivity contribution is 5.91. The molecule has 0 spiro atoms. The van der Waals surface area contributed by atoms with Gasteiger partial charge in [-0.1, -0.05) is 108 Å². The van der Waals surface area contributed by atoms with Crippen LogP contribution in [-0.4, -0.2) is 35.7 Å². The Balaban J connectivity index is 1.77. The van der Waals surface area contributed by atoms with E-state index in [1.807, 2.05) is 48.5 Å². The van der Waals surface area contributed by atoms with Crippen LogP contribution in [0.15, 0.2) is 72.8 Å². The number of nitrogens with zero attached hydrogens (tertiary/aromatic N) is 1. The van der Waals surface area contributed by atoms with E-state index in [-0.39, 0.29) is 18.1 Å². The molecule has 0 saturated heterocycles. The first-order valence-electron chi connectivity index (χ1n) is 16.3. The Labute approximate surface area is 270 Å². The van der Waals surface area contributed by atoms with E-state index in [0.717, 1.165) is 36.8 Å². The minimum Gasteiger partial charge on any atom is -0.487 e. The average molecular weight is 617 g/mol. The lowest BCUT2D eigenvalue weighted by molar-refractivity contribution is -0.158. The van der Waals surface area contributed by atoms with Gasteiger partial charge in [0, 0.05) is 12.1 Å². The molecule has 0 radical (unpaired) electrons. The maximum absolute atomic E-state index is 13.8. The number of hydrogen-bond acceptors (Lipinski definition) is 5. The third-order valence-corrected chi connectivity index (χ3v) is 7.63. The summed E-state index contributed by atoms with van der Waals surface area (Å²) in [6.45, 7) is 15.5. The van der Waals surface area contributed by atoms with E-state index in [1.54, 1.807) is 25.7 Å². The quantitative estimate of drug-likeness (QED) is 0.128. The molecule has 0 heterocycles.